The summed E-state index contributed by atoms with van der Waals surface area (Å²) >= 11 is 0. The van der Waals surface area contributed by atoms with E-state index in [1.165, 1.54) is 0 Å². The van der Waals surface area contributed by atoms with Crippen molar-refractivity contribution in [3.63, 3.8) is 0 Å². The molecule has 0 N–H and O–H groups in total. The average Bonchev–Trinajstić information content (AvgIpc) is 2.79. The van der Waals surface area contributed by atoms with E-state index in [0.717, 1.165) is 48.0 Å². The predicted octanol–water partition coefficient (Wildman–Crippen LogP) is 8.45. The SMILES string of the molecule is CCC(C)CC1CC(=Cc2ccc(N=[N+]=[N-])cc2)C(=O)C(=Cc2ccc(N=[N+]=[N-])cc2)C1. The fraction of sp³-hybridized carbons (Fsp3) is 0.320. The van der Waals surface area contributed by atoms with Crippen LogP contribution in [0, 0.1) is 11.8 Å². The molecule has 3 rings (SSSR count). The number of carbonyl (C=O) groups excluding carboxylic acids is 1. The van der Waals surface area contributed by atoms with Gasteiger partial charge in [-0.1, -0.05) is 79.0 Å². The lowest BCUT2D eigenvalue weighted by atomic mass is 9.76. The summed E-state index contributed by atoms with van der Waals surface area (Å²) in [6, 6.07) is 14.4. The zero-order valence-electron chi connectivity index (χ0n) is 18.3. The molecule has 162 valence electrons. The molecule has 0 spiro atoms. The van der Waals surface area contributed by atoms with Gasteiger partial charge in [-0.3, -0.25) is 4.79 Å². The lowest BCUT2D eigenvalue weighted by Crippen LogP contribution is -2.21. The lowest BCUT2D eigenvalue weighted by Gasteiger charge is -2.28. The minimum Gasteiger partial charge on any atom is -0.289 e. The van der Waals surface area contributed by atoms with Crippen molar-refractivity contribution in [1.29, 1.82) is 0 Å². The molecule has 1 unspecified atom stereocenters. The summed E-state index contributed by atoms with van der Waals surface area (Å²) in [6.45, 7) is 4.45. The molecule has 0 saturated heterocycles. The first kappa shape index (κ1) is 22.9. The number of ketones is 1. The van der Waals surface area contributed by atoms with E-state index in [1.54, 1.807) is 24.3 Å². The number of hydrogen-bond acceptors (Lipinski definition) is 3. The molecule has 2 aromatic carbocycles. The predicted molar refractivity (Wildman–Crippen MR) is 128 cm³/mol. The molecule has 1 aliphatic rings. The van der Waals surface area contributed by atoms with E-state index in [4.69, 9.17) is 11.1 Å². The molecule has 0 heterocycles. The van der Waals surface area contributed by atoms with E-state index in [1.807, 2.05) is 36.4 Å². The van der Waals surface area contributed by atoms with Gasteiger partial charge in [-0.25, -0.2) is 0 Å². The average molecular weight is 427 g/mol. The molecule has 0 aliphatic heterocycles. The van der Waals surface area contributed by atoms with Crippen LogP contribution in [0.25, 0.3) is 33.0 Å². The van der Waals surface area contributed by atoms with E-state index < -0.39 is 0 Å². The highest BCUT2D eigenvalue weighted by Crippen LogP contribution is 2.36. The number of hydrogen-bond donors (Lipinski definition) is 0. The Morgan fingerprint density at radius 2 is 1.34 bits per heavy atom. The number of rotatable bonds is 7. The van der Waals surface area contributed by atoms with Crippen LogP contribution in [0.3, 0.4) is 0 Å². The first-order chi connectivity index (χ1) is 15.5. The third kappa shape index (κ3) is 6.11. The Morgan fingerprint density at radius 3 is 1.72 bits per heavy atom. The Hall–Kier alpha value is -3.79. The number of allylic oxidation sites excluding steroid dienone is 2. The van der Waals surface area contributed by atoms with Gasteiger partial charge in [0.25, 0.3) is 0 Å². The maximum absolute atomic E-state index is 13.3. The molecule has 1 aliphatic carbocycles. The van der Waals surface area contributed by atoms with Crippen LogP contribution in [0.15, 0.2) is 69.9 Å². The van der Waals surface area contributed by atoms with Crippen LogP contribution >= 0.6 is 0 Å². The van der Waals surface area contributed by atoms with Crippen molar-refractivity contribution in [3.05, 3.63) is 91.7 Å². The summed E-state index contributed by atoms with van der Waals surface area (Å²) in [6.07, 6.45) is 7.60. The highest BCUT2D eigenvalue weighted by atomic mass is 16.1. The number of Topliss-reactive ketones (excluding diaryl/α,β-unsaturated/α-hetero) is 1. The zero-order valence-corrected chi connectivity index (χ0v) is 18.3. The summed E-state index contributed by atoms with van der Waals surface area (Å²) in [5.74, 6) is 1.08. The number of benzene rings is 2. The second-order valence-electron chi connectivity index (χ2n) is 8.25. The minimum atomic E-state index is 0.0728. The third-order valence-electron chi connectivity index (χ3n) is 5.82. The standard InChI is InChI=1S/C25H26N6O/c1-3-17(2)12-20-15-21(13-18-4-8-23(9-5-18)28-30-26)25(32)22(16-20)14-19-6-10-24(11-7-19)29-31-27/h4-11,13-14,17,20H,3,12,15-16H2,1-2H3. The smallest absolute Gasteiger partial charge is 0.185 e. The molecule has 0 bridgehead atoms. The third-order valence-corrected chi connectivity index (χ3v) is 5.82. The van der Waals surface area contributed by atoms with Gasteiger partial charge in [0.05, 0.1) is 0 Å². The first-order valence-electron chi connectivity index (χ1n) is 10.8. The molecule has 32 heavy (non-hydrogen) atoms. The highest BCUT2D eigenvalue weighted by molar-refractivity contribution is 6.14. The molecule has 7 nitrogen and oxygen atoms in total. The van der Waals surface area contributed by atoms with Crippen molar-refractivity contribution >= 4 is 29.3 Å². The van der Waals surface area contributed by atoms with E-state index >= 15 is 0 Å². The Kier molecular flexibility index (Phi) is 7.87. The van der Waals surface area contributed by atoms with Crippen LogP contribution in [0.4, 0.5) is 11.4 Å². The lowest BCUT2D eigenvalue weighted by molar-refractivity contribution is -0.113. The number of nitrogens with zero attached hydrogens (tertiary/aromatic N) is 6. The van der Waals surface area contributed by atoms with Crippen LogP contribution in [-0.2, 0) is 4.79 Å². The van der Waals surface area contributed by atoms with E-state index in [9.17, 15) is 4.79 Å². The van der Waals surface area contributed by atoms with Crippen LogP contribution in [-0.4, -0.2) is 5.78 Å². The normalized spacial score (nSPS) is 19.3. The second-order valence-corrected chi connectivity index (χ2v) is 8.25. The van der Waals surface area contributed by atoms with Crippen molar-refractivity contribution in [1.82, 2.24) is 0 Å². The summed E-state index contributed by atoms with van der Waals surface area (Å²) in [7, 11) is 0. The molecular weight excluding hydrogens is 400 g/mol. The summed E-state index contributed by atoms with van der Waals surface area (Å²) in [4.78, 5) is 18.9. The summed E-state index contributed by atoms with van der Waals surface area (Å²) in [5, 5.41) is 7.20. The van der Waals surface area contributed by atoms with Gasteiger partial charge in [0.2, 0.25) is 0 Å². The number of azide groups is 2. The van der Waals surface area contributed by atoms with E-state index in [2.05, 4.69) is 33.9 Å². The summed E-state index contributed by atoms with van der Waals surface area (Å²) < 4.78 is 0. The second kappa shape index (κ2) is 11.0. The Morgan fingerprint density at radius 1 is 0.906 bits per heavy atom. The van der Waals surface area contributed by atoms with Crippen molar-refractivity contribution in [3.8, 4) is 0 Å². The van der Waals surface area contributed by atoms with Gasteiger partial charge in [0.1, 0.15) is 0 Å². The molecule has 1 fully saturated rings. The van der Waals surface area contributed by atoms with Crippen molar-refractivity contribution in [2.24, 2.45) is 22.1 Å². The zero-order chi connectivity index (χ0) is 22.9. The maximum Gasteiger partial charge on any atom is 0.185 e. The van der Waals surface area contributed by atoms with Crippen LogP contribution < -0.4 is 0 Å². The fourth-order valence-electron chi connectivity index (χ4n) is 4.02. The van der Waals surface area contributed by atoms with Gasteiger partial charge in [-0.15, -0.1) is 0 Å². The molecule has 2 aromatic rings. The molecule has 0 aromatic heterocycles. The van der Waals surface area contributed by atoms with Crippen molar-refractivity contribution < 1.29 is 4.79 Å². The van der Waals surface area contributed by atoms with Gasteiger partial charge >= 0.3 is 0 Å². The van der Waals surface area contributed by atoms with Crippen molar-refractivity contribution in [2.75, 3.05) is 0 Å². The summed E-state index contributed by atoms with van der Waals surface area (Å²) in [5.41, 5.74) is 21.7. The van der Waals surface area contributed by atoms with Gasteiger partial charge in [-0.05, 0) is 65.4 Å². The van der Waals surface area contributed by atoms with Crippen molar-refractivity contribution in [2.45, 2.75) is 39.5 Å². The topological polar surface area (TPSA) is 115 Å². The first-order valence-corrected chi connectivity index (χ1v) is 10.8. The van der Waals surface area contributed by atoms with Crippen LogP contribution in [0.1, 0.15) is 50.7 Å². The van der Waals surface area contributed by atoms with E-state index in [-0.39, 0.29) is 5.78 Å². The van der Waals surface area contributed by atoms with Gasteiger partial charge in [-0.2, -0.15) is 0 Å². The number of carbonyl (C=O) groups is 1. The molecular formula is C25H26N6O. The quantitative estimate of drug-likeness (QED) is 0.188. The van der Waals surface area contributed by atoms with Crippen LogP contribution in [0.2, 0.25) is 0 Å². The van der Waals surface area contributed by atoms with Crippen LogP contribution in [0.5, 0.6) is 0 Å². The monoisotopic (exact) mass is 426 g/mol. The minimum absolute atomic E-state index is 0.0728. The fourth-order valence-corrected chi connectivity index (χ4v) is 4.02. The maximum atomic E-state index is 13.3. The van der Waals surface area contributed by atoms with Gasteiger partial charge < -0.3 is 0 Å². The molecule has 0 amide bonds. The molecule has 1 atom stereocenters. The molecule has 0 radical (unpaired) electrons. The van der Waals surface area contributed by atoms with Gasteiger partial charge in [0.15, 0.2) is 5.78 Å². The Bertz CT molecular complexity index is 1030. The Labute approximate surface area is 187 Å². The Balaban J connectivity index is 1.92. The highest BCUT2D eigenvalue weighted by Gasteiger charge is 2.28. The molecule has 1 saturated carbocycles. The van der Waals surface area contributed by atoms with Gasteiger partial charge in [0, 0.05) is 32.3 Å². The van der Waals surface area contributed by atoms with E-state index in [0.29, 0.717) is 23.2 Å². The largest absolute Gasteiger partial charge is 0.289 e. The molecule has 7 heteroatoms.